The summed E-state index contributed by atoms with van der Waals surface area (Å²) in [6.07, 6.45) is 0. The molecule has 0 heterocycles. The molecule has 92 valence electrons. The van der Waals surface area contributed by atoms with Gasteiger partial charge in [-0.15, -0.1) is 0 Å². The van der Waals surface area contributed by atoms with Crippen LogP contribution in [0.25, 0.3) is 0 Å². The third-order valence-electron chi connectivity index (χ3n) is 3.26. The molecule has 2 aromatic rings. The van der Waals surface area contributed by atoms with E-state index < -0.39 is 0 Å². The lowest BCUT2D eigenvalue weighted by molar-refractivity contribution is -0.120. The first-order valence-corrected chi connectivity index (χ1v) is 5.91. The Kier molecular flexibility index (Phi) is 3.47. The molecule has 0 unspecified atom stereocenters. The fourth-order valence-electron chi connectivity index (χ4n) is 2.03. The lowest BCUT2D eigenvalue weighted by atomic mass is 9.78. The summed E-state index contributed by atoms with van der Waals surface area (Å²) in [6, 6.07) is 18.0. The normalized spacial score (nSPS) is 11.0. The van der Waals surface area contributed by atoms with Gasteiger partial charge in [-0.1, -0.05) is 56.3 Å². The van der Waals surface area contributed by atoms with Crippen molar-refractivity contribution in [2.75, 3.05) is 0 Å². The molecule has 0 aliphatic heterocycles. The van der Waals surface area contributed by atoms with Gasteiger partial charge in [0.05, 0.1) is 0 Å². The van der Waals surface area contributed by atoms with Gasteiger partial charge in [0, 0.05) is 5.41 Å². The van der Waals surface area contributed by atoms with Gasteiger partial charge in [0.15, 0.2) is 0 Å². The van der Waals surface area contributed by atoms with Crippen LogP contribution < -0.4 is 4.74 Å². The van der Waals surface area contributed by atoms with Crippen molar-refractivity contribution in [1.82, 2.24) is 0 Å². The van der Waals surface area contributed by atoms with Gasteiger partial charge in [-0.3, -0.25) is 4.79 Å². The van der Waals surface area contributed by atoms with Crippen LogP contribution in [-0.2, 0) is 10.2 Å². The van der Waals surface area contributed by atoms with Crippen molar-refractivity contribution in [1.29, 1.82) is 0 Å². The van der Waals surface area contributed by atoms with Gasteiger partial charge in [-0.2, -0.15) is 0 Å². The molecule has 2 heteroatoms. The van der Waals surface area contributed by atoms with E-state index in [4.69, 9.17) is 4.74 Å². The molecule has 0 saturated carbocycles. The Bertz CT molecular complexity index is 513. The lowest BCUT2D eigenvalue weighted by Gasteiger charge is -2.26. The first kappa shape index (κ1) is 12.4. The van der Waals surface area contributed by atoms with Crippen LogP contribution in [0.15, 0.2) is 54.6 Å². The van der Waals surface area contributed by atoms with Gasteiger partial charge >= 0.3 is 0 Å². The van der Waals surface area contributed by atoms with Crippen LogP contribution in [0.5, 0.6) is 5.75 Å². The van der Waals surface area contributed by atoms with E-state index in [1.54, 1.807) is 0 Å². The zero-order chi connectivity index (χ0) is 13.0. The predicted molar refractivity (Wildman–Crippen MR) is 71.7 cm³/mol. The quantitative estimate of drug-likeness (QED) is 0.764. The number of benzene rings is 2. The molecule has 0 fully saturated rings. The van der Waals surface area contributed by atoms with Crippen molar-refractivity contribution in [3.63, 3.8) is 0 Å². The van der Waals surface area contributed by atoms with Crippen molar-refractivity contribution in [2.24, 2.45) is 0 Å². The van der Waals surface area contributed by atoms with E-state index >= 15 is 0 Å². The average Bonchev–Trinajstić information content (AvgIpc) is 2.41. The number of hydrogen-bond acceptors (Lipinski definition) is 2. The molecule has 0 amide bonds. The molecule has 0 atom stereocenters. The SMILES string of the molecule is CC(C)(c1ccccc1)c1ccc(OC=O)cc1. The third-order valence-corrected chi connectivity index (χ3v) is 3.26. The molecular weight excluding hydrogens is 224 g/mol. The Morgan fingerprint density at radius 1 is 0.889 bits per heavy atom. The molecule has 0 saturated heterocycles. The third kappa shape index (κ3) is 2.43. The molecule has 0 aromatic heterocycles. The first-order chi connectivity index (χ1) is 8.64. The van der Waals surface area contributed by atoms with Crippen LogP contribution in [0, 0.1) is 0 Å². The van der Waals surface area contributed by atoms with Gasteiger partial charge in [0.25, 0.3) is 6.47 Å². The summed E-state index contributed by atoms with van der Waals surface area (Å²) >= 11 is 0. The van der Waals surface area contributed by atoms with E-state index in [2.05, 4.69) is 26.0 Å². The molecule has 0 bridgehead atoms. The smallest absolute Gasteiger partial charge is 0.298 e. The minimum atomic E-state index is -0.0685. The van der Waals surface area contributed by atoms with Crippen LogP contribution in [0.3, 0.4) is 0 Å². The molecule has 0 aliphatic carbocycles. The van der Waals surface area contributed by atoms with Crippen molar-refractivity contribution in [3.05, 3.63) is 65.7 Å². The molecule has 0 N–H and O–H groups in total. The molecule has 0 spiro atoms. The largest absolute Gasteiger partial charge is 0.429 e. The van der Waals surface area contributed by atoms with Crippen molar-refractivity contribution < 1.29 is 9.53 Å². The topological polar surface area (TPSA) is 26.3 Å². The zero-order valence-electron chi connectivity index (χ0n) is 10.6. The van der Waals surface area contributed by atoms with Crippen LogP contribution in [0.4, 0.5) is 0 Å². The predicted octanol–water partition coefficient (Wildman–Crippen LogP) is 3.55. The molecule has 2 nitrogen and oxygen atoms in total. The van der Waals surface area contributed by atoms with Crippen LogP contribution in [-0.4, -0.2) is 6.47 Å². The van der Waals surface area contributed by atoms with E-state index in [1.165, 1.54) is 11.1 Å². The number of carbonyl (C=O) groups excluding carboxylic acids is 1. The Labute approximate surface area is 107 Å². The summed E-state index contributed by atoms with van der Waals surface area (Å²) < 4.78 is 4.80. The lowest BCUT2D eigenvalue weighted by Crippen LogP contribution is -2.18. The highest BCUT2D eigenvalue weighted by atomic mass is 16.5. The molecule has 0 aliphatic rings. The van der Waals surface area contributed by atoms with Crippen LogP contribution in [0.2, 0.25) is 0 Å². The van der Waals surface area contributed by atoms with Crippen LogP contribution >= 0.6 is 0 Å². The van der Waals surface area contributed by atoms with Gasteiger partial charge in [0.1, 0.15) is 5.75 Å². The van der Waals surface area contributed by atoms with Gasteiger partial charge in [-0.25, -0.2) is 0 Å². The monoisotopic (exact) mass is 240 g/mol. The maximum absolute atomic E-state index is 10.3. The van der Waals surface area contributed by atoms with E-state index in [0.717, 1.165) is 0 Å². The molecule has 2 rings (SSSR count). The second-order valence-corrected chi connectivity index (χ2v) is 4.73. The number of ether oxygens (including phenoxy) is 1. The number of carbonyl (C=O) groups is 1. The summed E-state index contributed by atoms with van der Waals surface area (Å²) in [5.41, 5.74) is 2.38. The summed E-state index contributed by atoms with van der Waals surface area (Å²) in [4.78, 5) is 10.3. The number of hydrogen-bond donors (Lipinski definition) is 0. The first-order valence-electron chi connectivity index (χ1n) is 5.91. The zero-order valence-corrected chi connectivity index (χ0v) is 10.6. The van der Waals surface area contributed by atoms with E-state index in [-0.39, 0.29) is 5.41 Å². The Hall–Kier alpha value is -2.09. The Morgan fingerprint density at radius 3 is 2.00 bits per heavy atom. The van der Waals surface area contributed by atoms with Crippen molar-refractivity contribution in [2.45, 2.75) is 19.3 Å². The Morgan fingerprint density at radius 2 is 1.44 bits per heavy atom. The van der Waals surface area contributed by atoms with Crippen molar-refractivity contribution in [3.8, 4) is 5.75 Å². The van der Waals surface area contributed by atoms with E-state index in [1.807, 2.05) is 42.5 Å². The van der Waals surface area contributed by atoms with Crippen molar-refractivity contribution >= 4 is 6.47 Å². The minimum Gasteiger partial charge on any atom is -0.429 e. The fourth-order valence-corrected chi connectivity index (χ4v) is 2.03. The van der Waals surface area contributed by atoms with Gasteiger partial charge < -0.3 is 4.74 Å². The molecule has 18 heavy (non-hydrogen) atoms. The maximum Gasteiger partial charge on any atom is 0.298 e. The standard InChI is InChI=1S/C16H16O2/c1-16(2,13-6-4-3-5-7-13)14-8-10-15(11-9-14)18-12-17/h3-12H,1-2H3. The highest BCUT2D eigenvalue weighted by Gasteiger charge is 2.22. The summed E-state index contributed by atoms with van der Waals surface area (Å²) in [5.74, 6) is 0.567. The minimum absolute atomic E-state index is 0.0685. The second kappa shape index (κ2) is 5.05. The van der Waals surface area contributed by atoms with E-state index in [0.29, 0.717) is 12.2 Å². The maximum atomic E-state index is 10.3. The number of rotatable bonds is 4. The van der Waals surface area contributed by atoms with Crippen LogP contribution in [0.1, 0.15) is 25.0 Å². The molecule has 0 radical (unpaired) electrons. The van der Waals surface area contributed by atoms with Gasteiger partial charge in [-0.05, 0) is 23.3 Å². The summed E-state index contributed by atoms with van der Waals surface area (Å²) in [5, 5.41) is 0. The average molecular weight is 240 g/mol. The van der Waals surface area contributed by atoms with Gasteiger partial charge in [0.2, 0.25) is 0 Å². The van der Waals surface area contributed by atoms with E-state index in [9.17, 15) is 4.79 Å². The second-order valence-electron chi connectivity index (χ2n) is 4.73. The molecule has 2 aromatic carbocycles. The summed E-state index contributed by atoms with van der Waals surface area (Å²) in [6.45, 7) is 4.80. The summed E-state index contributed by atoms with van der Waals surface area (Å²) in [7, 11) is 0. The fraction of sp³-hybridized carbons (Fsp3) is 0.188. The molecular formula is C16H16O2. The highest BCUT2D eigenvalue weighted by Crippen LogP contribution is 2.32. The Balaban J connectivity index is 2.32. The highest BCUT2D eigenvalue weighted by molar-refractivity contribution is 5.46.